The molecule has 0 unspecified atom stereocenters. The fourth-order valence-corrected chi connectivity index (χ4v) is 3.88. The Balaban J connectivity index is 1.59. The first kappa shape index (κ1) is 16.0. The predicted molar refractivity (Wildman–Crippen MR) is 89.1 cm³/mol. The molecule has 2 heterocycles. The quantitative estimate of drug-likeness (QED) is 0.836. The Hall–Kier alpha value is -1.89. The Bertz CT molecular complexity index is 718. The van der Waals surface area contributed by atoms with Crippen LogP contribution in [-0.4, -0.2) is 42.3 Å². The standard InChI is InChI=1S/C16H22N4O2S/c1-2-23(21,22)16-5-3-15(4-6-16)19-10-7-14(8-11-19)13-20-12-9-17-18-20/h3-6,9,12,14H,2,7-8,10-11,13H2,1H3. The summed E-state index contributed by atoms with van der Waals surface area (Å²) in [6, 6.07) is 7.27. The van der Waals surface area contributed by atoms with Crippen LogP contribution in [0.25, 0.3) is 0 Å². The molecule has 1 saturated heterocycles. The van der Waals surface area contributed by atoms with Crippen molar-refractivity contribution in [2.75, 3.05) is 23.7 Å². The fraction of sp³-hybridized carbons (Fsp3) is 0.500. The number of nitrogens with zero attached hydrogens (tertiary/aromatic N) is 4. The van der Waals surface area contributed by atoms with Gasteiger partial charge in [-0.15, -0.1) is 5.10 Å². The third-order valence-corrected chi connectivity index (χ3v) is 6.22. The SMILES string of the molecule is CCS(=O)(=O)c1ccc(N2CCC(Cn3ccnn3)CC2)cc1. The van der Waals surface area contributed by atoms with Crippen LogP contribution in [0, 0.1) is 5.92 Å². The van der Waals surface area contributed by atoms with Gasteiger partial charge in [-0.25, -0.2) is 8.42 Å². The molecule has 0 spiro atoms. The van der Waals surface area contributed by atoms with Crippen LogP contribution in [0.3, 0.4) is 0 Å². The number of piperidine rings is 1. The van der Waals surface area contributed by atoms with Gasteiger partial charge < -0.3 is 4.90 Å². The zero-order valence-corrected chi connectivity index (χ0v) is 14.1. The summed E-state index contributed by atoms with van der Waals surface area (Å²) in [4.78, 5) is 2.73. The molecule has 0 saturated carbocycles. The van der Waals surface area contributed by atoms with Crippen molar-refractivity contribution in [1.82, 2.24) is 15.0 Å². The fourth-order valence-electron chi connectivity index (χ4n) is 3.00. The minimum Gasteiger partial charge on any atom is -0.372 e. The summed E-state index contributed by atoms with van der Waals surface area (Å²) in [6.07, 6.45) is 5.82. The maximum atomic E-state index is 11.9. The van der Waals surface area contributed by atoms with Crippen LogP contribution in [0.2, 0.25) is 0 Å². The first-order valence-corrected chi connectivity index (χ1v) is 9.65. The van der Waals surface area contributed by atoms with Crippen LogP contribution >= 0.6 is 0 Å². The molecule has 7 heteroatoms. The summed E-state index contributed by atoms with van der Waals surface area (Å²) >= 11 is 0. The Morgan fingerprint density at radius 3 is 2.43 bits per heavy atom. The second kappa shape index (κ2) is 6.70. The lowest BCUT2D eigenvalue weighted by atomic mass is 9.96. The monoisotopic (exact) mass is 334 g/mol. The second-order valence-corrected chi connectivity index (χ2v) is 8.23. The number of benzene rings is 1. The molecule has 0 radical (unpaired) electrons. The van der Waals surface area contributed by atoms with Gasteiger partial charge in [0.15, 0.2) is 9.84 Å². The van der Waals surface area contributed by atoms with E-state index in [2.05, 4.69) is 15.2 Å². The maximum absolute atomic E-state index is 11.9. The number of rotatable bonds is 5. The van der Waals surface area contributed by atoms with E-state index in [4.69, 9.17) is 0 Å². The van der Waals surface area contributed by atoms with E-state index in [0.29, 0.717) is 10.8 Å². The predicted octanol–water partition coefficient (Wildman–Crippen LogP) is 1.99. The highest BCUT2D eigenvalue weighted by Gasteiger charge is 2.20. The van der Waals surface area contributed by atoms with Crippen LogP contribution in [0.15, 0.2) is 41.6 Å². The van der Waals surface area contributed by atoms with E-state index in [-0.39, 0.29) is 5.75 Å². The van der Waals surface area contributed by atoms with Crippen LogP contribution in [0.5, 0.6) is 0 Å². The Labute approximate surface area is 137 Å². The topological polar surface area (TPSA) is 68.1 Å². The molecule has 124 valence electrons. The van der Waals surface area contributed by atoms with Gasteiger partial charge >= 0.3 is 0 Å². The lowest BCUT2D eigenvalue weighted by Crippen LogP contribution is -2.35. The van der Waals surface area contributed by atoms with Crippen molar-refractivity contribution in [2.45, 2.75) is 31.2 Å². The summed E-state index contributed by atoms with van der Waals surface area (Å²) in [5.74, 6) is 0.757. The van der Waals surface area contributed by atoms with Gasteiger partial charge in [0.05, 0.1) is 16.8 Å². The van der Waals surface area contributed by atoms with Gasteiger partial charge in [-0.1, -0.05) is 12.1 Å². The first-order chi connectivity index (χ1) is 11.1. The summed E-state index contributed by atoms with van der Waals surface area (Å²) < 4.78 is 25.6. The molecule has 0 amide bonds. The van der Waals surface area contributed by atoms with Crippen LogP contribution in [0.1, 0.15) is 19.8 Å². The molecule has 0 atom stereocenters. The van der Waals surface area contributed by atoms with Gasteiger partial charge in [0.2, 0.25) is 0 Å². The minimum atomic E-state index is -3.12. The normalized spacial score (nSPS) is 16.7. The number of sulfone groups is 1. The van der Waals surface area contributed by atoms with E-state index in [1.165, 1.54) is 0 Å². The molecule has 1 aromatic carbocycles. The number of anilines is 1. The van der Waals surface area contributed by atoms with E-state index >= 15 is 0 Å². The van der Waals surface area contributed by atoms with Crippen molar-refractivity contribution in [3.8, 4) is 0 Å². The largest absolute Gasteiger partial charge is 0.372 e. The third-order valence-electron chi connectivity index (χ3n) is 4.47. The summed E-state index contributed by atoms with van der Waals surface area (Å²) in [6.45, 7) is 4.56. The zero-order valence-electron chi connectivity index (χ0n) is 13.3. The van der Waals surface area contributed by atoms with E-state index in [0.717, 1.165) is 38.2 Å². The third kappa shape index (κ3) is 3.72. The molecule has 6 nitrogen and oxygen atoms in total. The molecule has 1 aromatic heterocycles. The Morgan fingerprint density at radius 2 is 1.87 bits per heavy atom. The highest BCUT2D eigenvalue weighted by Crippen LogP contribution is 2.25. The molecule has 0 aliphatic carbocycles. The van der Waals surface area contributed by atoms with Crippen molar-refractivity contribution < 1.29 is 8.42 Å². The van der Waals surface area contributed by atoms with Gasteiger partial charge in [0.25, 0.3) is 0 Å². The van der Waals surface area contributed by atoms with Gasteiger partial charge in [-0.05, 0) is 43.0 Å². The minimum absolute atomic E-state index is 0.139. The number of aromatic nitrogens is 3. The van der Waals surface area contributed by atoms with Gasteiger partial charge in [0.1, 0.15) is 0 Å². The van der Waals surface area contributed by atoms with Crippen LogP contribution < -0.4 is 4.90 Å². The van der Waals surface area contributed by atoms with Gasteiger partial charge in [0, 0.05) is 31.5 Å². The number of hydrogen-bond donors (Lipinski definition) is 0. The Kier molecular flexibility index (Phi) is 4.66. The highest BCUT2D eigenvalue weighted by atomic mass is 32.2. The average molecular weight is 334 g/mol. The molecule has 2 aromatic rings. The van der Waals surface area contributed by atoms with Gasteiger partial charge in [-0.2, -0.15) is 0 Å². The molecule has 1 aliphatic rings. The lowest BCUT2D eigenvalue weighted by molar-refractivity contribution is 0.339. The number of hydrogen-bond acceptors (Lipinski definition) is 5. The van der Waals surface area contributed by atoms with E-state index in [1.54, 1.807) is 25.3 Å². The molecular formula is C16H22N4O2S. The molecule has 0 N–H and O–H groups in total. The Morgan fingerprint density at radius 1 is 1.17 bits per heavy atom. The smallest absolute Gasteiger partial charge is 0.178 e. The highest BCUT2D eigenvalue weighted by molar-refractivity contribution is 7.91. The van der Waals surface area contributed by atoms with E-state index in [1.807, 2.05) is 23.0 Å². The summed E-state index contributed by atoms with van der Waals surface area (Å²) in [5.41, 5.74) is 1.10. The summed E-state index contributed by atoms with van der Waals surface area (Å²) in [5, 5.41) is 7.86. The first-order valence-electron chi connectivity index (χ1n) is 8.00. The molecule has 3 rings (SSSR count). The van der Waals surface area contributed by atoms with Crippen molar-refractivity contribution in [1.29, 1.82) is 0 Å². The lowest BCUT2D eigenvalue weighted by Gasteiger charge is -2.33. The van der Waals surface area contributed by atoms with Crippen LogP contribution in [0.4, 0.5) is 5.69 Å². The average Bonchev–Trinajstić information content (AvgIpc) is 3.09. The van der Waals surface area contributed by atoms with Crippen molar-refractivity contribution >= 4 is 15.5 Å². The van der Waals surface area contributed by atoms with Crippen LogP contribution in [-0.2, 0) is 16.4 Å². The zero-order chi connectivity index (χ0) is 16.3. The van der Waals surface area contributed by atoms with Crippen molar-refractivity contribution in [2.24, 2.45) is 5.92 Å². The van der Waals surface area contributed by atoms with Gasteiger partial charge in [-0.3, -0.25) is 4.68 Å². The van der Waals surface area contributed by atoms with Crippen molar-refractivity contribution in [3.63, 3.8) is 0 Å². The molecule has 1 aliphatic heterocycles. The van der Waals surface area contributed by atoms with E-state index in [9.17, 15) is 8.42 Å². The molecule has 23 heavy (non-hydrogen) atoms. The second-order valence-electron chi connectivity index (χ2n) is 5.95. The maximum Gasteiger partial charge on any atom is 0.178 e. The van der Waals surface area contributed by atoms with E-state index < -0.39 is 9.84 Å². The molecule has 0 bridgehead atoms. The molecule has 1 fully saturated rings. The molecular weight excluding hydrogens is 312 g/mol. The van der Waals surface area contributed by atoms with Crippen molar-refractivity contribution in [3.05, 3.63) is 36.7 Å². The summed E-state index contributed by atoms with van der Waals surface area (Å²) in [7, 11) is -3.12.